The number of fused-ring (bicyclic) bond motifs is 1. The Balaban J connectivity index is 1.95. The molecule has 18 heavy (non-hydrogen) atoms. The van der Waals surface area contributed by atoms with Crippen LogP contribution in [0.5, 0.6) is 11.5 Å². The highest BCUT2D eigenvalue weighted by Gasteiger charge is 2.17. The van der Waals surface area contributed by atoms with Gasteiger partial charge in [-0.2, -0.15) is 0 Å². The second-order valence-corrected chi connectivity index (χ2v) is 5.51. The summed E-state index contributed by atoms with van der Waals surface area (Å²) in [5, 5.41) is 0. The first-order valence-corrected chi connectivity index (χ1v) is 6.63. The normalized spacial score (nSPS) is 13.4. The second kappa shape index (κ2) is 4.63. The van der Waals surface area contributed by atoms with E-state index in [1.807, 2.05) is 0 Å². The third-order valence-electron chi connectivity index (χ3n) is 2.60. The van der Waals surface area contributed by atoms with Gasteiger partial charge in [-0.3, -0.25) is 4.79 Å². The van der Waals surface area contributed by atoms with Crippen LogP contribution in [0.25, 0.3) is 0 Å². The van der Waals surface area contributed by atoms with Crippen LogP contribution in [0.2, 0.25) is 4.34 Å². The largest absolute Gasteiger partial charge is 0.486 e. The third kappa shape index (κ3) is 2.09. The maximum absolute atomic E-state index is 12.2. The molecule has 2 aromatic rings. The standard InChI is InChI=1S/C13H9ClO3S/c14-12-4-3-11(18-12)13(15)8-1-2-9-10(7-8)17-6-5-16-9/h1-4,7H,5-6H2. The van der Waals surface area contributed by atoms with E-state index in [9.17, 15) is 4.79 Å². The number of ketones is 1. The fourth-order valence-corrected chi connectivity index (χ4v) is 2.77. The number of hydrogen-bond acceptors (Lipinski definition) is 4. The van der Waals surface area contributed by atoms with Crippen LogP contribution >= 0.6 is 22.9 Å². The van der Waals surface area contributed by atoms with Crippen LogP contribution < -0.4 is 9.47 Å². The van der Waals surface area contributed by atoms with Gasteiger partial charge in [0, 0.05) is 5.56 Å². The fourth-order valence-electron chi connectivity index (χ4n) is 1.76. The first-order chi connectivity index (χ1) is 8.74. The highest BCUT2D eigenvalue weighted by molar-refractivity contribution is 7.18. The lowest BCUT2D eigenvalue weighted by atomic mass is 10.1. The molecule has 0 saturated heterocycles. The molecule has 0 radical (unpaired) electrons. The summed E-state index contributed by atoms with van der Waals surface area (Å²) < 4.78 is 11.5. The van der Waals surface area contributed by atoms with Gasteiger partial charge in [0.15, 0.2) is 11.5 Å². The van der Waals surface area contributed by atoms with E-state index in [0.717, 1.165) is 0 Å². The van der Waals surface area contributed by atoms with Gasteiger partial charge in [0.05, 0.1) is 9.21 Å². The molecule has 0 aliphatic carbocycles. The monoisotopic (exact) mass is 280 g/mol. The Morgan fingerprint density at radius 1 is 1.11 bits per heavy atom. The van der Waals surface area contributed by atoms with Crippen molar-refractivity contribution in [3.63, 3.8) is 0 Å². The number of rotatable bonds is 2. The molecule has 1 aromatic carbocycles. The summed E-state index contributed by atoms with van der Waals surface area (Å²) in [5.74, 6) is 1.25. The lowest BCUT2D eigenvalue weighted by Crippen LogP contribution is -2.15. The van der Waals surface area contributed by atoms with Crippen LogP contribution in [0.1, 0.15) is 15.2 Å². The predicted octanol–water partition coefficient (Wildman–Crippen LogP) is 3.40. The first-order valence-electron chi connectivity index (χ1n) is 5.44. The summed E-state index contributed by atoms with van der Waals surface area (Å²) in [6.07, 6.45) is 0. The van der Waals surface area contributed by atoms with Gasteiger partial charge in [-0.1, -0.05) is 11.6 Å². The molecule has 0 atom stereocenters. The molecule has 1 aliphatic rings. The van der Waals surface area contributed by atoms with Crippen LogP contribution in [0.4, 0.5) is 0 Å². The van der Waals surface area contributed by atoms with E-state index in [1.54, 1.807) is 30.3 Å². The number of carbonyl (C=O) groups is 1. The minimum atomic E-state index is -0.0520. The quantitative estimate of drug-likeness (QED) is 0.791. The first kappa shape index (κ1) is 11.6. The van der Waals surface area contributed by atoms with E-state index >= 15 is 0 Å². The average Bonchev–Trinajstić information content (AvgIpc) is 2.84. The Kier molecular flexibility index (Phi) is 2.97. The van der Waals surface area contributed by atoms with E-state index in [2.05, 4.69) is 0 Å². The lowest BCUT2D eigenvalue weighted by Gasteiger charge is -2.18. The van der Waals surface area contributed by atoms with E-state index < -0.39 is 0 Å². The van der Waals surface area contributed by atoms with Gasteiger partial charge in [0.2, 0.25) is 5.78 Å². The maximum atomic E-state index is 12.2. The molecule has 1 aromatic heterocycles. The molecule has 1 aliphatic heterocycles. The van der Waals surface area contributed by atoms with E-state index in [1.165, 1.54) is 11.3 Å². The molecule has 92 valence electrons. The summed E-state index contributed by atoms with van der Waals surface area (Å²) >= 11 is 7.10. The van der Waals surface area contributed by atoms with Crippen molar-refractivity contribution in [1.82, 2.24) is 0 Å². The number of benzene rings is 1. The molecule has 3 rings (SSSR count). The fraction of sp³-hybridized carbons (Fsp3) is 0.154. The van der Waals surface area contributed by atoms with Crippen molar-refractivity contribution in [2.24, 2.45) is 0 Å². The highest BCUT2D eigenvalue weighted by atomic mass is 35.5. The van der Waals surface area contributed by atoms with Gasteiger partial charge >= 0.3 is 0 Å². The van der Waals surface area contributed by atoms with Crippen molar-refractivity contribution in [1.29, 1.82) is 0 Å². The zero-order chi connectivity index (χ0) is 12.5. The predicted molar refractivity (Wildman–Crippen MR) is 70.2 cm³/mol. The Morgan fingerprint density at radius 2 is 1.89 bits per heavy atom. The highest BCUT2D eigenvalue weighted by Crippen LogP contribution is 2.32. The third-order valence-corrected chi connectivity index (χ3v) is 3.83. The summed E-state index contributed by atoms with van der Waals surface area (Å²) in [7, 11) is 0. The SMILES string of the molecule is O=C(c1ccc2c(c1)OCCO2)c1ccc(Cl)s1. The smallest absolute Gasteiger partial charge is 0.203 e. The van der Waals surface area contributed by atoms with E-state index in [4.69, 9.17) is 21.1 Å². The van der Waals surface area contributed by atoms with Crippen molar-refractivity contribution in [2.75, 3.05) is 13.2 Å². The molecule has 3 nitrogen and oxygen atoms in total. The van der Waals surface area contributed by atoms with Crippen LogP contribution in [0.3, 0.4) is 0 Å². The summed E-state index contributed by atoms with van der Waals surface area (Å²) in [6.45, 7) is 1.05. The van der Waals surface area contributed by atoms with Gasteiger partial charge in [-0.05, 0) is 30.3 Å². The van der Waals surface area contributed by atoms with E-state index in [0.29, 0.717) is 39.5 Å². The second-order valence-electron chi connectivity index (χ2n) is 3.79. The molecule has 0 spiro atoms. The topological polar surface area (TPSA) is 35.5 Å². The molecule has 5 heteroatoms. The number of ether oxygens (including phenoxy) is 2. The van der Waals surface area contributed by atoms with Gasteiger partial charge in [-0.25, -0.2) is 0 Å². The maximum Gasteiger partial charge on any atom is 0.203 e. The summed E-state index contributed by atoms with van der Waals surface area (Å²) in [6, 6.07) is 8.66. The lowest BCUT2D eigenvalue weighted by molar-refractivity contribution is 0.104. The minimum Gasteiger partial charge on any atom is -0.486 e. The molecule has 0 fully saturated rings. The zero-order valence-corrected chi connectivity index (χ0v) is 10.9. The van der Waals surface area contributed by atoms with Gasteiger partial charge in [-0.15, -0.1) is 11.3 Å². The van der Waals surface area contributed by atoms with Crippen molar-refractivity contribution >= 4 is 28.7 Å². The van der Waals surface area contributed by atoms with E-state index in [-0.39, 0.29) is 5.78 Å². The average molecular weight is 281 g/mol. The molecular weight excluding hydrogens is 272 g/mol. The minimum absolute atomic E-state index is 0.0520. The number of halogens is 1. The number of thiophene rings is 1. The molecule has 0 bridgehead atoms. The van der Waals surface area contributed by atoms with Gasteiger partial charge in [0.1, 0.15) is 13.2 Å². The van der Waals surface area contributed by atoms with Crippen LogP contribution in [-0.2, 0) is 0 Å². The molecular formula is C13H9ClO3S. The molecule has 0 amide bonds. The Hall–Kier alpha value is -1.52. The van der Waals surface area contributed by atoms with Crippen LogP contribution in [0.15, 0.2) is 30.3 Å². The summed E-state index contributed by atoms with van der Waals surface area (Å²) in [5.41, 5.74) is 0.581. The number of hydrogen-bond donors (Lipinski definition) is 0. The van der Waals surface area contributed by atoms with Crippen molar-refractivity contribution in [2.45, 2.75) is 0 Å². The number of carbonyl (C=O) groups excluding carboxylic acids is 1. The van der Waals surface area contributed by atoms with Crippen LogP contribution in [-0.4, -0.2) is 19.0 Å². The van der Waals surface area contributed by atoms with Gasteiger partial charge < -0.3 is 9.47 Å². The Labute approximate surface area is 113 Å². The van der Waals surface area contributed by atoms with Crippen molar-refractivity contribution in [3.05, 3.63) is 45.1 Å². The summed E-state index contributed by atoms with van der Waals surface area (Å²) in [4.78, 5) is 12.8. The molecule has 2 heterocycles. The van der Waals surface area contributed by atoms with Crippen molar-refractivity contribution in [3.8, 4) is 11.5 Å². The van der Waals surface area contributed by atoms with Crippen molar-refractivity contribution < 1.29 is 14.3 Å². The van der Waals surface area contributed by atoms with Gasteiger partial charge in [0.25, 0.3) is 0 Å². The molecule has 0 saturated carbocycles. The molecule has 0 unspecified atom stereocenters. The molecule has 0 N–H and O–H groups in total. The Morgan fingerprint density at radius 3 is 2.61 bits per heavy atom. The Bertz CT molecular complexity index is 606. The van der Waals surface area contributed by atoms with Crippen LogP contribution in [0, 0.1) is 0 Å². The zero-order valence-electron chi connectivity index (χ0n) is 9.31.